The predicted molar refractivity (Wildman–Crippen MR) is 102 cm³/mol. The summed E-state index contributed by atoms with van der Waals surface area (Å²) < 4.78 is 0.786. The van der Waals surface area contributed by atoms with E-state index in [1.807, 2.05) is 12.3 Å². The molecule has 3 aliphatic rings. The summed E-state index contributed by atoms with van der Waals surface area (Å²) in [6, 6.07) is 2.24. The number of aliphatic imine (C=N–C) groups is 2. The van der Waals surface area contributed by atoms with Crippen molar-refractivity contribution in [2.24, 2.45) is 9.98 Å². The fraction of sp³-hybridized carbons (Fsp3) is 0.412. The molecule has 5 nitrogen and oxygen atoms in total. The van der Waals surface area contributed by atoms with Crippen molar-refractivity contribution in [3.8, 4) is 0 Å². The van der Waals surface area contributed by atoms with Gasteiger partial charge < -0.3 is 10.2 Å². The lowest BCUT2D eigenvalue weighted by atomic mass is 10.2. The Morgan fingerprint density at radius 3 is 2.88 bits per heavy atom. The second kappa shape index (κ2) is 6.70. The van der Waals surface area contributed by atoms with Gasteiger partial charge in [-0.2, -0.15) is 0 Å². The minimum atomic E-state index is 0.250. The van der Waals surface area contributed by atoms with E-state index in [2.05, 4.69) is 39.7 Å². The van der Waals surface area contributed by atoms with E-state index >= 15 is 0 Å². The van der Waals surface area contributed by atoms with E-state index < -0.39 is 0 Å². The van der Waals surface area contributed by atoms with Gasteiger partial charge in [0.05, 0.1) is 22.3 Å². The Morgan fingerprint density at radius 1 is 1.29 bits per heavy atom. The van der Waals surface area contributed by atoms with E-state index in [0.29, 0.717) is 0 Å². The molecule has 0 aliphatic carbocycles. The molecule has 0 aromatic carbocycles. The maximum Gasteiger partial charge on any atom is 0.176 e. The number of hydrogen-bond donors (Lipinski definition) is 1. The van der Waals surface area contributed by atoms with Crippen LogP contribution in [0.4, 0.5) is 0 Å². The number of fused-ring (bicyclic) bond motifs is 1. The molecule has 0 saturated carbocycles. The molecule has 1 aromatic rings. The normalized spacial score (nSPS) is 24.1. The van der Waals surface area contributed by atoms with Crippen LogP contribution in [0.5, 0.6) is 0 Å². The van der Waals surface area contributed by atoms with E-state index in [1.165, 1.54) is 11.3 Å². The molecule has 7 heteroatoms. The highest BCUT2D eigenvalue weighted by Crippen LogP contribution is 2.31. The molecule has 1 N–H and O–H groups in total. The lowest BCUT2D eigenvalue weighted by molar-refractivity contribution is 0.359. The topological polar surface area (TPSA) is 43.2 Å². The van der Waals surface area contributed by atoms with Crippen LogP contribution in [0.2, 0.25) is 4.34 Å². The van der Waals surface area contributed by atoms with Crippen LogP contribution in [0.1, 0.15) is 18.9 Å². The first-order chi connectivity index (χ1) is 11.7. The van der Waals surface area contributed by atoms with Gasteiger partial charge in [0.25, 0.3) is 0 Å². The summed E-state index contributed by atoms with van der Waals surface area (Å²) in [6.45, 7) is 6.02. The Bertz CT molecular complexity index is 742. The molecule has 3 aliphatic heterocycles. The molecule has 1 aromatic heterocycles. The molecule has 126 valence electrons. The van der Waals surface area contributed by atoms with Crippen molar-refractivity contribution in [1.82, 2.24) is 15.1 Å². The van der Waals surface area contributed by atoms with Crippen molar-refractivity contribution in [3.63, 3.8) is 0 Å². The quantitative estimate of drug-likeness (QED) is 0.836. The second-order valence-electron chi connectivity index (χ2n) is 6.14. The molecule has 0 spiro atoms. The zero-order valence-corrected chi connectivity index (χ0v) is 15.1. The third-order valence-electron chi connectivity index (χ3n) is 4.35. The monoisotopic (exact) mass is 361 g/mol. The first kappa shape index (κ1) is 15.9. The number of thiophene rings is 1. The number of amidine groups is 2. The molecule has 24 heavy (non-hydrogen) atoms. The summed E-state index contributed by atoms with van der Waals surface area (Å²) in [5.74, 6) is 1.91. The van der Waals surface area contributed by atoms with Gasteiger partial charge in [0.1, 0.15) is 0 Å². The number of nitrogens with zero attached hydrogens (tertiary/aromatic N) is 4. The van der Waals surface area contributed by atoms with Crippen LogP contribution in [-0.2, 0) is 0 Å². The van der Waals surface area contributed by atoms with E-state index in [-0.39, 0.29) is 6.04 Å². The van der Waals surface area contributed by atoms with Crippen molar-refractivity contribution in [1.29, 1.82) is 0 Å². The highest BCUT2D eigenvalue weighted by molar-refractivity contribution is 7.14. The molecule has 1 fully saturated rings. The number of halogens is 1. The highest BCUT2D eigenvalue weighted by atomic mass is 35.5. The molecular formula is C17H20ClN5S. The van der Waals surface area contributed by atoms with Gasteiger partial charge in [-0.1, -0.05) is 17.7 Å². The summed E-state index contributed by atoms with van der Waals surface area (Å²) in [4.78, 5) is 14.2. The SMILES string of the molecule is CC1CC=CN2C(c3csc(Cl)c3)=CN=C(N3CCNCC3)C2=N1. The Morgan fingerprint density at radius 2 is 2.12 bits per heavy atom. The number of hydrogen-bond acceptors (Lipinski definition) is 6. The van der Waals surface area contributed by atoms with E-state index in [0.717, 1.165) is 59.9 Å². The average Bonchev–Trinajstić information content (AvgIpc) is 2.92. The summed E-state index contributed by atoms with van der Waals surface area (Å²) in [5.41, 5.74) is 2.11. The molecule has 4 rings (SSSR count). The second-order valence-corrected chi connectivity index (χ2v) is 7.68. The van der Waals surface area contributed by atoms with E-state index in [9.17, 15) is 0 Å². The van der Waals surface area contributed by atoms with Crippen molar-refractivity contribution in [2.45, 2.75) is 19.4 Å². The fourth-order valence-corrected chi connectivity index (χ4v) is 3.99. The molecule has 1 unspecified atom stereocenters. The van der Waals surface area contributed by atoms with E-state index in [1.54, 1.807) is 0 Å². The lowest BCUT2D eigenvalue weighted by Crippen LogP contribution is -2.52. The summed E-state index contributed by atoms with van der Waals surface area (Å²) in [6.07, 6.45) is 7.18. The minimum absolute atomic E-state index is 0.250. The molecule has 1 atom stereocenters. The van der Waals surface area contributed by atoms with Gasteiger partial charge in [-0.3, -0.25) is 9.89 Å². The summed E-state index contributed by atoms with van der Waals surface area (Å²) in [5, 5.41) is 5.46. The Labute approximate surface area is 151 Å². The zero-order chi connectivity index (χ0) is 16.5. The third kappa shape index (κ3) is 3.01. The molecule has 4 heterocycles. The molecule has 0 radical (unpaired) electrons. The van der Waals surface area contributed by atoms with Crippen molar-refractivity contribution >= 4 is 40.3 Å². The van der Waals surface area contributed by atoms with Crippen LogP contribution in [0, 0.1) is 0 Å². The van der Waals surface area contributed by atoms with Crippen LogP contribution >= 0.6 is 22.9 Å². The van der Waals surface area contributed by atoms with Crippen LogP contribution < -0.4 is 5.32 Å². The standard InChI is InChI=1S/C17H20ClN5S/c1-12-3-2-6-23-14(13-9-15(18)24-11-13)10-20-16(17(23)21-12)22-7-4-19-5-8-22/h2,6,9-12,19H,3-5,7-8H2,1H3. The Kier molecular flexibility index (Phi) is 4.43. The first-order valence-corrected chi connectivity index (χ1v) is 9.50. The number of piperazine rings is 1. The molecule has 1 saturated heterocycles. The first-order valence-electron chi connectivity index (χ1n) is 8.24. The lowest BCUT2D eigenvalue weighted by Gasteiger charge is -2.36. The van der Waals surface area contributed by atoms with Gasteiger partial charge in [0, 0.05) is 43.3 Å². The van der Waals surface area contributed by atoms with Gasteiger partial charge in [-0.25, -0.2) is 4.99 Å². The van der Waals surface area contributed by atoms with E-state index in [4.69, 9.17) is 21.6 Å². The maximum atomic E-state index is 6.13. The van der Waals surface area contributed by atoms with Crippen molar-refractivity contribution in [3.05, 3.63) is 39.8 Å². The van der Waals surface area contributed by atoms with Gasteiger partial charge in [-0.05, 0) is 19.4 Å². The van der Waals surface area contributed by atoms with Crippen LogP contribution in [-0.4, -0.2) is 53.7 Å². The molecular weight excluding hydrogens is 342 g/mol. The van der Waals surface area contributed by atoms with Crippen molar-refractivity contribution < 1.29 is 0 Å². The van der Waals surface area contributed by atoms with Gasteiger partial charge in [-0.15, -0.1) is 11.3 Å². The largest absolute Gasteiger partial charge is 0.351 e. The fourth-order valence-electron chi connectivity index (χ4n) is 3.12. The molecule has 0 bridgehead atoms. The van der Waals surface area contributed by atoms with Crippen LogP contribution in [0.3, 0.4) is 0 Å². The average molecular weight is 362 g/mol. The smallest absolute Gasteiger partial charge is 0.176 e. The van der Waals surface area contributed by atoms with Crippen LogP contribution in [0.15, 0.2) is 39.9 Å². The summed E-state index contributed by atoms with van der Waals surface area (Å²) >= 11 is 7.67. The van der Waals surface area contributed by atoms with Gasteiger partial charge >= 0.3 is 0 Å². The highest BCUT2D eigenvalue weighted by Gasteiger charge is 2.30. The predicted octanol–water partition coefficient (Wildman–Crippen LogP) is 3.02. The maximum absolute atomic E-state index is 6.13. The zero-order valence-electron chi connectivity index (χ0n) is 13.6. The van der Waals surface area contributed by atoms with Crippen LogP contribution in [0.25, 0.3) is 5.70 Å². The van der Waals surface area contributed by atoms with Gasteiger partial charge in [0.2, 0.25) is 0 Å². The molecule has 0 amide bonds. The summed E-state index contributed by atoms with van der Waals surface area (Å²) in [7, 11) is 0. The Hall–Kier alpha value is -1.63. The third-order valence-corrected chi connectivity index (χ3v) is 5.44. The number of rotatable bonds is 1. The number of nitrogens with one attached hydrogen (secondary N) is 1. The minimum Gasteiger partial charge on any atom is -0.351 e. The van der Waals surface area contributed by atoms with Gasteiger partial charge in [0.15, 0.2) is 11.7 Å². The Balaban J connectivity index is 1.77. The van der Waals surface area contributed by atoms with Crippen molar-refractivity contribution in [2.75, 3.05) is 26.2 Å².